The number of amides is 1. The Hall–Kier alpha value is -2.17. The zero-order valence-corrected chi connectivity index (χ0v) is 19.3. The molecule has 2 aromatic rings. The first kappa shape index (κ1) is 24.0. The van der Waals surface area contributed by atoms with E-state index < -0.39 is 55.3 Å². The number of carbonyl (C=O) groups excluding carboxylic acids is 1. The highest BCUT2D eigenvalue weighted by Gasteiger charge is 2.62. The van der Waals surface area contributed by atoms with Gasteiger partial charge in [-0.2, -0.15) is 17.5 Å². The van der Waals surface area contributed by atoms with Crippen LogP contribution in [-0.2, 0) is 20.2 Å². The second-order valence-corrected chi connectivity index (χ2v) is 11.2. The molecule has 2 heterocycles. The van der Waals surface area contributed by atoms with Crippen LogP contribution in [-0.4, -0.2) is 33.5 Å². The summed E-state index contributed by atoms with van der Waals surface area (Å²) in [5, 5.41) is 2.49. The van der Waals surface area contributed by atoms with E-state index in [-0.39, 0.29) is 11.3 Å². The highest BCUT2D eigenvalue weighted by molar-refractivity contribution is 7.95. The van der Waals surface area contributed by atoms with E-state index in [2.05, 4.69) is 9.52 Å². The Labute approximate surface area is 196 Å². The molecular formula is C21H16Cl2F4N2O3S. The van der Waals surface area contributed by atoms with Crippen LogP contribution in [0.2, 0.25) is 10.0 Å². The zero-order chi connectivity index (χ0) is 24.2. The van der Waals surface area contributed by atoms with E-state index in [1.54, 1.807) is 6.92 Å². The molecule has 0 aromatic heterocycles. The molecule has 4 rings (SSSR count). The largest absolute Gasteiger partial charge is 0.435 e. The molecule has 2 aliphatic rings. The van der Waals surface area contributed by atoms with E-state index in [4.69, 9.17) is 28.0 Å². The van der Waals surface area contributed by atoms with Gasteiger partial charge >= 0.3 is 6.18 Å². The Morgan fingerprint density at radius 1 is 1.18 bits per heavy atom. The predicted molar refractivity (Wildman–Crippen MR) is 117 cm³/mol. The molecule has 1 atom stereocenters. The summed E-state index contributed by atoms with van der Waals surface area (Å²) in [5.41, 5.74) is -2.51. The fourth-order valence-electron chi connectivity index (χ4n) is 3.61. The van der Waals surface area contributed by atoms with Crippen molar-refractivity contribution in [1.29, 1.82) is 0 Å². The number of hydrogen-bond donors (Lipinski definition) is 0. The standard InChI is InChI=1S/C21H16Cl2F4N2O3S/c1-11-7-12(3-4-14(11)19(30)29-33(31)5-2-6-33)17-10-20(32-28-17,21(25,26)27)13-8-15(22)18(24)16(23)9-13/h3-4,7-9H,2,5-6,10H2,1H3. The van der Waals surface area contributed by atoms with Crippen molar-refractivity contribution in [3.8, 4) is 0 Å². The second kappa shape index (κ2) is 8.25. The summed E-state index contributed by atoms with van der Waals surface area (Å²) in [7, 11) is -2.49. The molecule has 5 nitrogen and oxygen atoms in total. The van der Waals surface area contributed by atoms with E-state index in [9.17, 15) is 26.6 Å². The highest BCUT2D eigenvalue weighted by atomic mass is 35.5. The summed E-state index contributed by atoms with van der Waals surface area (Å²) < 4.78 is 72.2. The maximum absolute atomic E-state index is 14.1. The van der Waals surface area contributed by atoms with E-state index in [0.717, 1.165) is 18.6 Å². The molecule has 0 radical (unpaired) electrons. The van der Waals surface area contributed by atoms with Gasteiger partial charge in [0.1, 0.15) is 0 Å². The van der Waals surface area contributed by atoms with Crippen LogP contribution < -0.4 is 0 Å². The first-order valence-electron chi connectivity index (χ1n) is 9.70. The molecule has 1 fully saturated rings. The van der Waals surface area contributed by atoms with Crippen LogP contribution in [0.25, 0.3) is 0 Å². The van der Waals surface area contributed by atoms with Gasteiger partial charge in [-0.1, -0.05) is 34.4 Å². The lowest BCUT2D eigenvalue weighted by Crippen LogP contribution is -2.42. The molecule has 1 saturated heterocycles. The van der Waals surface area contributed by atoms with E-state index in [0.29, 0.717) is 22.6 Å². The maximum Gasteiger partial charge on any atom is 0.435 e. The molecule has 0 saturated carbocycles. The Balaban J connectivity index is 1.66. The summed E-state index contributed by atoms with van der Waals surface area (Å²) >= 11 is 11.4. The molecule has 1 amide bonds. The van der Waals surface area contributed by atoms with Crippen molar-refractivity contribution in [3.05, 3.63) is 68.4 Å². The molecule has 0 N–H and O–H groups in total. The van der Waals surface area contributed by atoms with Crippen LogP contribution in [0, 0.1) is 12.7 Å². The van der Waals surface area contributed by atoms with Crippen molar-refractivity contribution >= 4 is 44.5 Å². The number of carbonyl (C=O) groups is 1. The summed E-state index contributed by atoms with van der Waals surface area (Å²) in [6.07, 6.45) is -4.90. The molecule has 0 aliphatic carbocycles. The Morgan fingerprint density at radius 2 is 1.82 bits per heavy atom. The number of halogens is 6. The highest BCUT2D eigenvalue weighted by Crippen LogP contribution is 2.50. The summed E-state index contributed by atoms with van der Waals surface area (Å²) in [4.78, 5) is 17.3. The van der Waals surface area contributed by atoms with E-state index in [1.807, 2.05) is 0 Å². The molecule has 2 aromatic carbocycles. The van der Waals surface area contributed by atoms with Crippen LogP contribution in [0.15, 0.2) is 39.9 Å². The monoisotopic (exact) mass is 522 g/mol. The predicted octanol–water partition coefficient (Wildman–Crippen LogP) is 6.04. The van der Waals surface area contributed by atoms with E-state index >= 15 is 0 Å². The van der Waals surface area contributed by atoms with Crippen molar-refractivity contribution in [3.63, 3.8) is 0 Å². The van der Waals surface area contributed by atoms with Gasteiger partial charge in [-0.15, -0.1) is 0 Å². The Kier molecular flexibility index (Phi) is 5.99. The van der Waals surface area contributed by atoms with Crippen molar-refractivity contribution in [2.24, 2.45) is 9.52 Å². The molecule has 12 heteroatoms. The Bertz CT molecular complexity index is 1290. The lowest BCUT2D eigenvalue weighted by atomic mass is 9.86. The van der Waals surface area contributed by atoms with Gasteiger partial charge in [-0.25, -0.2) is 8.60 Å². The van der Waals surface area contributed by atoms with Gasteiger partial charge in [0, 0.05) is 29.1 Å². The third kappa shape index (κ3) is 4.24. The van der Waals surface area contributed by atoms with Crippen LogP contribution in [0.4, 0.5) is 17.6 Å². The molecule has 0 bridgehead atoms. The minimum absolute atomic E-state index is 0.0344. The van der Waals surface area contributed by atoms with Crippen LogP contribution in [0.3, 0.4) is 0 Å². The number of nitrogens with zero attached hydrogens (tertiary/aromatic N) is 2. The van der Waals surface area contributed by atoms with Crippen molar-refractivity contribution in [1.82, 2.24) is 0 Å². The lowest BCUT2D eigenvalue weighted by molar-refractivity contribution is -0.275. The average molecular weight is 523 g/mol. The molecule has 176 valence electrons. The summed E-state index contributed by atoms with van der Waals surface area (Å²) in [5.74, 6) is -0.918. The first-order valence-corrected chi connectivity index (χ1v) is 12.3. The number of hydrogen-bond acceptors (Lipinski definition) is 4. The summed E-state index contributed by atoms with van der Waals surface area (Å²) in [6.45, 7) is 1.59. The SMILES string of the molecule is Cc1cc(C2=NOC(c3cc(Cl)c(F)c(Cl)c3)(C(F)(F)F)C2)ccc1C(=O)N=S1(=O)CCC1. The molecule has 2 aliphatic heterocycles. The average Bonchev–Trinajstić information content (AvgIpc) is 3.17. The summed E-state index contributed by atoms with van der Waals surface area (Å²) in [6, 6.07) is 5.92. The minimum atomic E-state index is -4.93. The molecular weight excluding hydrogens is 507 g/mol. The first-order chi connectivity index (χ1) is 15.4. The molecule has 33 heavy (non-hydrogen) atoms. The van der Waals surface area contributed by atoms with Gasteiger partial charge in [0.15, 0.2) is 5.82 Å². The topological polar surface area (TPSA) is 68.1 Å². The fraction of sp³-hybridized carbons (Fsp3) is 0.333. The smallest absolute Gasteiger partial charge is 0.374 e. The lowest BCUT2D eigenvalue weighted by Gasteiger charge is -2.29. The third-order valence-corrected chi connectivity index (χ3v) is 8.50. The van der Waals surface area contributed by atoms with Gasteiger partial charge in [0.25, 0.3) is 11.5 Å². The van der Waals surface area contributed by atoms with Crippen LogP contribution in [0.5, 0.6) is 0 Å². The van der Waals surface area contributed by atoms with Gasteiger partial charge in [0.2, 0.25) is 0 Å². The number of aryl methyl sites for hydroxylation is 1. The van der Waals surface area contributed by atoms with Crippen LogP contribution in [0.1, 0.15) is 39.9 Å². The number of oxime groups is 1. The van der Waals surface area contributed by atoms with Crippen molar-refractivity contribution in [2.45, 2.75) is 31.5 Å². The molecule has 0 spiro atoms. The maximum atomic E-state index is 14.1. The Morgan fingerprint density at radius 3 is 2.33 bits per heavy atom. The normalized spacial score (nSPS) is 21.7. The number of benzene rings is 2. The van der Waals surface area contributed by atoms with Crippen molar-refractivity contribution < 1.29 is 31.4 Å². The van der Waals surface area contributed by atoms with E-state index in [1.165, 1.54) is 18.2 Å². The van der Waals surface area contributed by atoms with Gasteiger partial charge in [0.05, 0.1) is 25.5 Å². The van der Waals surface area contributed by atoms with Gasteiger partial charge < -0.3 is 4.84 Å². The fourth-order valence-corrected chi connectivity index (χ4v) is 5.47. The number of rotatable bonds is 3. The minimum Gasteiger partial charge on any atom is -0.374 e. The van der Waals surface area contributed by atoms with Crippen LogP contribution >= 0.6 is 23.2 Å². The van der Waals surface area contributed by atoms with Gasteiger partial charge in [-0.05, 0) is 48.7 Å². The zero-order valence-electron chi connectivity index (χ0n) is 17.0. The van der Waals surface area contributed by atoms with Gasteiger partial charge in [-0.3, -0.25) is 4.79 Å². The third-order valence-electron chi connectivity index (χ3n) is 5.60. The molecule has 1 unspecified atom stereocenters. The second-order valence-electron chi connectivity index (χ2n) is 7.85. The van der Waals surface area contributed by atoms with Crippen molar-refractivity contribution in [2.75, 3.05) is 11.5 Å². The quantitative estimate of drug-likeness (QED) is 0.364. The number of alkyl halides is 3.